The Bertz CT molecular complexity index is 930. The molecule has 3 amide bonds. The molecule has 0 aromatic heterocycles. The van der Waals surface area contributed by atoms with Gasteiger partial charge in [-0.25, -0.2) is 4.79 Å². The van der Waals surface area contributed by atoms with E-state index in [1.807, 2.05) is 12.3 Å². The predicted octanol–water partition coefficient (Wildman–Crippen LogP) is 0.220. The normalized spacial score (nSPS) is 17.6. The lowest BCUT2D eigenvalue weighted by molar-refractivity contribution is -0.145. The van der Waals surface area contributed by atoms with Crippen LogP contribution in [0, 0.1) is 0 Å². The molecule has 1 saturated heterocycles. The van der Waals surface area contributed by atoms with E-state index < -0.39 is 53.8 Å². The summed E-state index contributed by atoms with van der Waals surface area (Å²) < 4.78 is 0. The fourth-order valence-corrected chi connectivity index (χ4v) is 4.47. The Hall–Kier alpha value is -3.12. The number of nitrogens with two attached hydrogens (primary N) is 1. The Kier molecular flexibility index (Phi) is 11.7. The van der Waals surface area contributed by atoms with Crippen molar-refractivity contribution < 1.29 is 34.2 Å². The molecular weight excluding hydrogens is 488 g/mol. The van der Waals surface area contributed by atoms with Crippen LogP contribution in [0.15, 0.2) is 30.3 Å². The average molecular weight is 523 g/mol. The van der Waals surface area contributed by atoms with Crippen LogP contribution in [0.3, 0.4) is 0 Å². The molecule has 0 radical (unpaired) electrons. The minimum absolute atomic E-state index is 0.0885. The molecule has 1 aromatic carbocycles. The van der Waals surface area contributed by atoms with Gasteiger partial charge in [-0.1, -0.05) is 30.3 Å². The third kappa shape index (κ3) is 8.83. The highest BCUT2D eigenvalue weighted by atomic mass is 32.2. The predicted molar refractivity (Wildman–Crippen MR) is 134 cm³/mol. The van der Waals surface area contributed by atoms with Crippen LogP contribution in [-0.4, -0.2) is 87.5 Å². The average Bonchev–Trinajstić information content (AvgIpc) is 3.34. The van der Waals surface area contributed by atoms with Crippen LogP contribution < -0.4 is 16.4 Å². The summed E-state index contributed by atoms with van der Waals surface area (Å²) in [6.07, 6.45) is 2.79. The van der Waals surface area contributed by atoms with Crippen molar-refractivity contribution in [2.75, 3.05) is 18.6 Å². The van der Waals surface area contributed by atoms with Gasteiger partial charge in [-0.3, -0.25) is 19.2 Å². The number of carbonyl (C=O) groups excluding carboxylic acids is 3. The lowest BCUT2D eigenvalue weighted by Gasteiger charge is -2.30. The topological polar surface area (TPSA) is 179 Å². The maximum Gasteiger partial charge on any atom is 0.326 e. The molecule has 0 spiro atoms. The molecule has 1 aliphatic rings. The van der Waals surface area contributed by atoms with Crippen LogP contribution in [0.4, 0.5) is 0 Å². The number of nitrogens with zero attached hydrogens (tertiary/aromatic N) is 1. The number of benzene rings is 1. The summed E-state index contributed by atoms with van der Waals surface area (Å²) in [6.45, 7) is 0.283. The van der Waals surface area contributed by atoms with E-state index in [2.05, 4.69) is 10.6 Å². The second-order valence-electron chi connectivity index (χ2n) is 8.66. The van der Waals surface area contributed by atoms with Crippen LogP contribution in [0.5, 0.6) is 0 Å². The van der Waals surface area contributed by atoms with Gasteiger partial charge in [0.1, 0.15) is 18.1 Å². The first-order chi connectivity index (χ1) is 17.1. The van der Waals surface area contributed by atoms with Gasteiger partial charge in [0.2, 0.25) is 17.7 Å². The molecular formula is C24H34N4O7S. The van der Waals surface area contributed by atoms with Gasteiger partial charge >= 0.3 is 11.9 Å². The van der Waals surface area contributed by atoms with E-state index in [-0.39, 0.29) is 32.2 Å². The van der Waals surface area contributed by atoms with Crippen molar-refractivity contribution in [3.8, 4) is 0 Å². The molecule has 2 rings (SSSR count). The fourth-order valence-electron chi connectivity index (χ4n) is 4.00. The quantitative estimate of drug-likeness (QED) is 0.228. The first-order valence-electron chi connectivity index (χ1n) is 11.8. The molecule has 4 unspecified atom stereocenters. The van der Waals surface area contributed by atoms with Crippen LogP contribution in [-0.2, 0) is 30.4 Å². The Morgan fingerprint density at radius 1 is 1.08 bits per heavy atom. The van der Waals surface area contributed by atoms with Crippen LogP contribution in [0.2, 0.25) is 0 Å². The Morgan fingerprint density at radius 3 is 2.39 bits per heavy atom. The summed E-state index contributed by atoms with van der Waals surface area (Å²) in [5.74, 6) is -3.36. The zero-order chi connectivity index (χ0) is 26.7. The monoisotopic (exact) mass is 522 g/mol. The number of nitrogens with one attached hydrogen (secondary N) is 2. The number of rotatable bonds is 14. The van der Waals surface area contributed by atoms with Crippen LogP contribution in [0.1, 0.15) is 37.7 Å². The van der Waals surface area contributed by atoms with E-state index >= 15 is 0 Å². The number of thioether (sulfide) groups is 1. The van der Waals surface area contributed by atoms with Gasteiger partial charge in [0.25, 0.3) is 0 Å². The smallest absolute Gasteiger partial charge is 0.326 e. The molecule has 11 nitrogen and oxygen atoms in total. The van der Waals surface area contributed by atoms with Gasteiger partial charge in [0.05, 0.1) is 6.04 Å². The van der Waals surface area contributed by atoms with Crippen molar-refractivity contribution in [1.29, 1.82) is 0 Å². The lowest BCUT2D eigenvalue weighted by atomic mass is 10.0. The van der Waals surface area contributed by atoms with Crippen molar-refractivity contribution in [2.45, 2.75) is 62.7 Å². The Morgan fingerprint density at radius 2 is 1.78 bits per heavy atom. The van der Waals surface area contributed by atoms with Gasteiger partial charge in [-0.05, 0) is 43.3 Å². The third-order valence-corrected chi connectivity index (χ3v) is 6.61. The lowest BCUT2D eigenvalue weighted by Crippen LogP contribution is -2.57. The minimum Gasteiger partial charge on any atom is -0.481 e. The maximum absolute atomic E-state index is 13.6. The number of aliphatic carboxylic acids is 2. The molecule has 0 saturated carbocycles. The van der Waals surface area contributed by atoms with Gasteiger partial charge in [0.15, 0.2) is 0 Å². The molecule has 12 heteroatoms. The number of hydrogen-bond donors (Lipinski definition) is 5. The largest absolute Gasteiger partial charge is 0.481 e. The van der Waals surface area contributed by atoms with Gasteiger partial charge in [-0.15, -0.1) is 0 Å². The number of carbonyl (C=O) groups is 5. The first-order valence-corrected chi connectivity index (χ1v) is 13.2. The highest BCUT2D eigenvalue weighted by Crippen LogP contribution is 2.20. The van der Waals surface area contributed by atoms with Crippen LogP contribution >= 0.6 is 11.8 Å². The van der Waals surface area contributed by atoms with Crippen molar-refractivity contribution in [2.24, 2.45) is 5.73 Å². The Labute approximate surface area is 214 Å². The van der Waals surface area contributed by atoms with E-state index in [4.69, 9.17) is 10.8 Å². The van der Waals surface area contributed by atoms with E-state index in [0.717, 1.165) is 5.56 Å². The number of likely N-dealkylation sites (tertiary alicyclic amines) is 1. The fraction of sp³-hybridized carbons (Fsp3) is 0.542. The van der Waals surface area contributed by atoms with Gasteiger partial charge in [0, 0.05) is 19.4 Å². The van der Waals surface area contributed by atoms with E-state index in [9.17, 15) is 29.1 Å². The highest BCUT2D eigenvalue weighted by Gasteiger charge is 2.39. The van der Waals surface area contributed by atoms with Gasteiger partial charge in [-0.2, -0.15) is 11.8 Å². The van der Waals surface area contributed by atoms with Crippen molar-refractivity contribution in [1.82, 2.24) is 15.5 Å². The number of carboxylic acids is 2. The van der Waals surface area contributed by atoms with Crippen LogP contribution in [0.25, 0.3) is 0 Å². The number of amides is 3. The molecule has 1 aliphatic heterocycles. The number of carboxylic acid groups (broad SMARTS) is 2. The first kappa shape index (κ1) is 29.1. The summed E-state index contributed by atoms with van der Waals surface area (Å²) in [4.78, 5) is 62.9. The molecule has 1 aromatic rings. The summed E-state index contributed by atoms with van der Waals surface area (Å²) in [5, 5.41) is 23.5. The molecule has 0 bridgehead atoms. The Balaban J connectivity index is 2.17. The molecule has 1 heterocycles. The molecule has 6 N–H and O–H groups in total. The van der Waals surface area contributed by atoms with Crippen molar-refractivity contribution >= 4 is 41.4 Å². The standard InChI is InChI=1S/C24H34N4O7S/c1-36-13-11-17(24(34)35)26-22(32)19-8-5-12-28(19)23(33)18(14-15-6-3-2-4-7-15)27-21(31)16(25)9-10-20(29)30/h2-4,6-7,16-19H,5,8-14,25H2,1H3,(H,26,32)(H,27,31)(H,29,30)(H,34,35). The van der Waals surface area contributed by atoms with Crippen molar-refractivity contribution in [3.63, 3.8) is 0 Å². The SMILES string of the molecule is CSCCC(NC(=O)C1CCCN1C(=O)C(Cc1ccccc1)NC(=O)C(N)CCC(=O)O)C(=O)O. The molecule has 0 aliphatic carbocycles. The summed E-state index contributed by atoms with van der Waals surface area (Å²) in [7, 11) is 0. The molecule has 36 heavy (non-hydrogen) atoms. The second-order valence-corrected chi connectivity index (χ2v) is 9.65. The maximum atomic E-state index is 13.6. The summed E-state index contributed by atoms with van der Waals surface area (Å²) in [5.41, 5.74) is 6.61. The zero-order valence-corrected chi connectivity index (χ0v) is 21.0. The van der Waals surface area contributed by atoms with E-state index in [1.54, 1.807) is 24.3 Å². The second kappa shape index (κ2) is 14.4. The minimum atomic E-state index is -1.14. The van der Waals surface area contributed by atoms with Crippen molar-refractivity contribution in [3.05, 3.63) is 35.9 Å². The van der Waals surface area contributed by atoms with E-state index in [0.29, 0.717) is 18.6 Å². The molecule has 4 atom stereocenters. The third-order valence-electron chi connectivity index (χ3n) is 5.97. The summed E-state index contributed by atoms with van der Waals surface area (Å²) >= 11 is 1.47. The summed E-state index contributed by atoms with van der Waals surface area (Å²) in [6, 6.07) is 4.95. The number of hydrogen-bond acceptors (Lipinski definition) is 7. The zero-order valence-electron chi connectivity index (χ0n) is 20.2. The molecule has 1 fully saturated rings. The molecule has 198 valence electrons. The highest BCUT2D eigenvalue weighted by molar-refractivity contribution is 7.98. The van der Waals surface area contributed by atoms with E-state index in [1.165, 1.54) is 16.7 Å². The van der Waals surface area contributed by atoms with Gasteiger partial charge < -0.3 is 31.5 Å².